The number of hydrogen-bond acceptors (Lipinski definition) is 5. The second-order valence-electron chi connectivity index (χ2n) is 11.2. The lowest BCUT2D eigenvalue weighted by Crippen LogP contribution is -2.38. The summed E-state index contributed by atoms with van der Waals surface area (Å²) in [6, 6.07) is 44.5. The molecule has 1 saturated heterocycles. The van der Waals surface area contributed by atoms with Crippen LogP contribution < -0.4 is 9.47 Å². The molecule has 45 heavy (non-hydrogen) atoms. The number of aliphatic hydroxyl groups excluding tert-OH is 1. The van der Waals surface area contributed by atoms with Crippen LogP contribution in [0.1, 0.15) is 45.9 Å². The van der Waals surface area contributed by atoms with Gasteiger partial charge in [0.25, 0.3) is 0 Å². The third kappa shape index (κ3) is 6.71. The fourth-order valence-corrected chi connectivity index (χ4v) is 5.99. The van der Waals surface area contributed by atoms with E-state index in [0.717, 1.165) is 44.9 Å². The minimum absolute atomic E-state index is 0.179. The van der Waals surface area contributed by atoms with Gasteiger partial charge in [-0.15, -0.1) is 0 Å². The van der Waals surface area contributed by atoms with E-state index in [9.17, 15) is 5.11 Å². The van der Waals surface area contributed by atoms with Gasteiger partial charge in [0.2, 0.25) is 0 Å². The third-order valence-electron chi connectivity index (χ3n) is 8.41. The Labute approximate surface area is 265 Å². The second-order valence-corrected chi connectivity index (χ2v) is 11.2. The molecule has 0 saturated carbocycles. The zero-order chi connectivity index (χ0) is 31.1. The SMILES string of the molecule is COc1ccc(C(OC[C@H]2O[C@@H](c3cccc(/C=C/c4ccccc4)c3)C[C@@H]2O)(c2ccccc2)c2ccc(OC)cc2)cc1. The van der Waals surface area contributed by atoms with Gasteiger partial charge in [-0.3, -0.25) is 0 Å². The summed E-state index contributed by atoms with van der Waals surface area (Å²) in [4.78, 5) is 0. The molecule has 3 atom stereocenters. The number of benzene rings is 5. The van der Waals surface area contributed by atoms with Gasteiger partial charge >= 0.3 is 0 Å². The number of rotatable bonds is 11. The smallest absolute Gasteiger partial charge is 0.143 e. The Balaban J connectivity index is 1.29. The van der Waals surface area contributed by atoms with Crippen molar-refractivity contribution < 1.29 is 24.1 Å². The van der Waals surface area contributed by atoms with Crippen molar-refractivity contribution in [2.75, 3.05) is 20.8 Å². The van der Waals surface area contributed by atoms with Crippen molar-refractivity contribution in [2.24, 2.45) is 0 Å². The first-order valence-corrected chi connectivity index (χ1v) is 15.2. The summed E-state index contributed by atoms with van der Waals surface area (Å²) in [5, 5.41) is 11.2. The lowest BCUT2D eigenvalue weighted by atomic mass is 9.80. The predicted octanol–water partition coefficient (Wildman–Crippen LogP) is 8.07. The zero-order valence-corrected chi connectivity index (χ0v) is 25.6. The summed E-state index contributed by atoms with van der Waals surface area (Å²) in [7, 11) is 3.31. The van der Waals surface area contributed by atoms with Gasteiger partial charge in [0.1, 0.15) is 23.2 Å². The molecule has 0 spiro atoms. The molecule has 5 aromatic rings. The van der Waals surface area contributed by atoms with Crippen molar-refractivity contribution in [1.29, 1.82) is 0 Å². The number of methoxy groups -OCH3 is 2. The van der Waals surface area contributed by atoms with Crippen LogP contribution in [0.3, 0.4) is 0 Å². The van der Waals surface area contributed by atoms with Crippen molar-refractivity contribution in [2.45, 2.75) is 30.3 Å². The number of hydrogen-bond donors (Lipinski definition) is 1. The molecule has 0 aliphatic carbocycles. The van der Waals surface area contributed by atoms with Gasteiger partial charge < -0.3 is 24.1 Å². The van der Waals surface area contributed by atoms with E-state index >= 15 is 0 Å². The summed E-state index contributed by atoms with van der Waals surface area (Å²) < 4.78 is 24.4. The first-order valence-electron chi connectivity index (χ1n) is 15.2. The topological polar surface area (TPSA) is 57.2 Å². The first kappa shape index (κ1) is 30.4. The Hall–Kier alpha value is -4.68. The van der Waals surface area contributed by atoms with Gasteiger partial charge in [0.15, 0.2) is 0 Å². The Kier molecular flexibility index (Phi) is 9.41. The third-order valence-corrected chi connectivity index (χ3v) is 8.41. The average molecular weight is 599 g/mol. The maximum absolute atomic E-state index is 11.2. The van der Waals surface area contributed by atoms with E-state index < -0.39 is 17.8 Å². The summed E-state index contributed by atoms with van der Waals surface area (Å²) in [5.41, 5.74) is 5.10. The van der Waals surface area contributed by atoms with Crippen molar-refractivity contribution in [3.8, 4) is 11.5 Å². The molecule has 5 nitrogen and oxygen atoms in total. The Bertz CT molecular complexity index is 1630. The number of ether oxygens (including phenoxy) is 4. The summed E-state index contributed by atoms with van der Waals surface area (Å²) in [6.07, 6.45) is 3.25. The first-order chi connectivity index (χ1) is 22.1. The van der Waals surface area contributed by atoms with Crippen LogP contribution in [0.4, 0.5) is 0 Å². The van der Waals surface area contributed by atoms with Crippen LogP contribution >= 0.6 is 0 Å². The van der Waals surface area contributed by atoms with E-state index in [1.54, 1.807) is 14.2 Å². The lowest BCUT2D eigenvalue weighted by molar-refractivity contribution is -0.0828. The molecular formula is C40H38O5. The Morgan fingerprint density at radius 3 is 1.80 bits per heavy atom. The maximum Gasteiger partial charge on any atom is 0.143 e. The van der Waals surface area contributed by atoms with Crippen LogP contribution in [0, 0.1) is 0 Å². The largest absolute Gasteiger partial charge is 0.497 e. The van der Waals surface area contributed by atoms with Crippen molar-refractivity contribution in [3.63, 3.8) is 0 Å². The molecule has 0 amide bonds. The van der Waals surface area contributed by atoms with Gasteiger partial charge in [0.05, 0.1) is 33.0 Å². The predicted molar refractivity (Wildman–Crippen MR) is 178 cm³/mol. The van der Waals surface area contributed by atoms with Crippen LogP contribution in [-0.2, 0) is 15.1 Å². The van der Waals surface area contributed by atoms with Crippen molar-refractivity contribution in [1.82, 2.24) is 0 Å². The van der Waals surface area contributed by atoms with Crippen LogP contribution in [0.25, 0.3) is 12.2 Å². The van der Waals surface area contributed by atoms with Crippen molar-refractivity contribution in [3.05, 3.63) is 167 Å². The molecule has 1 N–H and O–H groups in total. The van der Waals surface area contributed by atoms with E-state index in [2.05, 4.69) is 54.6 Å². The Morgan fingerprint density at radius 2 is 1.20 bits per heavy atom. The zero-order valence-electron chi connectivity index (χ0n) is 25.6. The molecule has 228 valence electrons. The van der Waals surface area contributed by atoms with Crippen LogP contribution in [-0.4, -0.2) is 38.1 Å². The van der Waals surface area contributed by atoms with Crippen LogP contribution in [0.5, 0.6) is 11.5 Å². The molecule has 0 unspecified atom stereocenters. The minimum atomic E-state index is -0.983. The lowest BCUT2D eigenvalue weighted by Gasteiger charge is -2.37. The highest BCUT2D eigenvalue weighted by Gasteiger charge is 2.41. The second kappa shape index (κ2) is 14.0. The molecule has 0 radical (unpaired) electrons. The van der Waals surface area contributed by atoms with E-state index in [-0.39, 0.29) is 12.7 Å². The van der Waals surface area contributed by atoms with Gasteiger partial charge in [0, 0.05) is 6.42 Å². The van der Waals surface area contributed by atoms with Gasteiger partial charge in [-0.25, -0.2) is 0 Å². The molecule has 5 aromatic carbocycles. The van der Waals surface area contributed by atoms with E-state index in [4.69, 9.17) is 18.9 Å². The maximum atomic E-state index is 11.2. The molecule has 1 fully saturated rings. The molecule has 1 heterocycles. The quantitative estimate of drug-likeness (QED) is 0.123. The van der Waals surface area contributed by atoms with Crippen LogP contribution in [0.2, 0.25) is 0 Å². The summed E-state index contributed by atoms with van der Waals surface area (Å²) in [6.45, 7) is 0.179. The average Bonchev–Trinajstić information content (AvgIpc) is 3.49. The molecule has 0 bridgehead atoms. The molecule has 1 aliphatic rings. The molecule has 5 heteroatoms. The normalized spacial score (nSPS) is 18.2. The van der Waals surface area contributed by atoms with Gasteiger partial charge in [-0.05, 0) is 63.7 Å². The summed E-state index contributed by atoms with van der Waals surface area (Å²) >= 11 is 0. The minimum Gasteiger partial charge on any atom is -0.497 e. The number of aliphatic hydroxyl groups is 1. The van der Waals surface area contributed by atoms with E-state index in [1.807, 2.05) is 91.0 Å². The fourth-order valence-electron chi connectivity index (χ4n) is 5.99. The standard InChI is InChI=1S/C40H38O5/c1-42-35-22-18-33(19-23-35)40(32-14-7-4-8-15-32,34-20-24-36(43-2)25-21-34)44-28-39-37(41)27-38(45-39)31-13-9-12-30(26-31)17-16-29-10-5-3-6-11-29/h3-26,37-39,41H,27-28H2,1-2H3/b17-16+/t37-,38+,39+/m0/s1. The molecule has 0 aromatic heterocycles. The van der Waals surface area contributed by atoms with Crippen molar-refractivity contribution >= 4 is 12.2 Å². The van der Waals surface area contributed by atoms with Crippen LogP contribution in [0.15, 0.2) is 133 Å². The van der Waals surface area contributed by atoms with E-state index in [0.29, 0.717) is 6.42 Å². The highest BCUT2D eigenvalue weighted by Crippen LogP contribution is 2.43. The molecule has 6 rings (SSSR count). The van der Waals surface area contributed by atoms with Gasteiger partial charge in [-0.2, -0.15) is 0 Å². The highest BCUT2D eigenvalue weighted by atomic mass is 16.6. The van der Waals surface area contributed by atoms with E-state index in [1.165, 1.54) is 0 Å². The monoisotopic (exact) mass is 598 g/mol. The molecular weight excluding hydrogens is 560 g/mol. The molecule has 1 aliphatic heterocycles. The highest BCUT2D eigenvalue weighted by molar-refractivity contribution is 5.69. The summed E-state index contributed by atoms with van der Waals surface area (Å²) in [5.74, 6) is 1.52. The Morgan fingerprint density at radius 1 is 0.667 bits per heavy atom. The van der Waals surface area contributed by atoms with Gasteiger partial charge in [-0.1, -0.05) is 115 Å². The fraction of sp³-hybridized carbons (Fsp3) is 0.200.